The minimum atomic E-state index is -4.42. The van der Waals surface area contributed by atoms with Crippen LogP contribution in [-0.4, -0.2) is 25.2 Å². The summed E-state index contributed by atoms with van der Waals surface area (Å²) >= 11 is 5.77. The summed E-state index contributed by atoms with van der Waals surface area (Å²) in [4.78, 5) is 4.18. The molecular weight excluding hydrogens is 365 g/mol. The number of nitrogens with one attached hydrogen (secondary N) is 1. The Morgan fingerprint density at radius 1 is 1.12 bits per heavy atom. The van der Waals surface area contributed by atoms with Crippen molar-refractivity contribution in [3.8, 4) is 0 Å². The monoisotopic (exact) mass is 382 g/mol. The maximum Gasteiger partial charge on any atom is 0.412 e. The molecule has 0 amide bonds. The summed E-state index contributed by atoms with van der Waals surface area (Å²) in [5.74, 6) is 0. The molecule has 138 valence electrons. The van der Waals surface area contributed by atoms with E-state index in [4.69, 9.17) is 16.3 Å². The Kier molecular flexibility index (Phi) is 5.71. The zero-order chi connectivity index (χ0) is 18.6. The van der Waals surface area contributed by atoms with Crippen molar-refractivity contribution < 1.29 is 17.9 Å². The van der Waals surface area contributed by atoms with Crippen LogP contribution in [-0.2, 0) is 11.2 Å². The molecule has 0 aliphatic carbocycles. The van der Waals surface area contributed by atoms with Gasteiger partial charge in [-0.1, -0.05) is 35.9 Å². The van der Waals surface area contributed by atoms with Crippen molar-refractivity contribution in [2.45, 2.75) is 31.1 Å². The van der Waals surface area contributed by atoms with Crippen LogP contribution in [0.4, 0.5) is 18.9 Å². The van der Waals surface area contributed by atoms with Crippen molar-refractivity contribution in [2.75, 3.05) is 11.9 Å². The molecule has 0 bridgehead atoms. The van der Waals surface area contributed by atoms with Crippen LogP contribution in [0, 0.1) is 0 Å². The first-order chi connectivity index (χ1) is 12.4. The zero-order valence-electron chi connectivity index (χ0n) is 13.8. The standard InChI is InChI=1S/C19H18ClF3N2O/c20-15-6-4-14(5-7-15)18(19(21,22)23)25-16-8-1-13(2-9-16)3-10-17-11-26-12-24-17/h1-2,4-9,12,17-18,25H,3,10-11H2/t17-,18-/m0/s1. The molecule has 3 nitrogen and oxygen atoms in total. The normalized spacial score (nSPS) is 17.8. The summed E-state index contributed by atoms with van der Waals surface area (Å²) in [6, 6.07) is 11.0. The molecule has 2 aromatic carbocycles. The summed E-state index contributed by atoms with van der Waals surface area (Å²) in [7, 11) is 0. The van der Waals surface area contributed by atoms with Crippen LogP contribution >= 0.6 is 11.6 Å². The van der Waals surface area contributed by atoms with Gasteiger partial charge in [0.05, 0.1) is 6.04 Å². The number of hydrogen-bond donors (Lipinski definition) is 1. The second-order valence-corrected chi connectivity index (χ2v) is 6.58. The van der Waals surface area contributed by atoms with Crippen molar-refractivity contribution >= 4 is 23.7 Å². The third-order valence-corrected chi connectivity index (χ3v) is 4.45. The molecule has 1 N–H and O–H groups in total. The van der Waals surface area contributed by atoms with Gasteiger partial charge in [0.25, 0.3) is 0 Å². The van der Waals surface area contributed by atoms with Gasteiger partial charge in [0.15, 0.2) is 6.40 Å². The van der Waals surface area contributed by atoms with Crippen LogP contribution in [0.1, 0.15) is 23.6 Å². The van der Waals surface area contributed by atoms with Gasteiger partial charge in [-0.2, -0.15) is 13.2 Å². The highest BCUT2D eigenvalue weighted by Gasteiger charge is 2.40. The van der Waals surface area contributed by atoms with Crippen LogP contribution in [0.15, 0.2) is 53.5 Å². The molecule has 0 spiro atoms. The third-order valence-electron chi connectivity index (χ3n) is 4.20. The highest BCUT2D eigenvalue weighted by molar-refractivity contribution is 6.30. The number of rotatable bonds is 6. The number of alkyl halides is 3. The minimum absolute atomic E-state index is 0.116. The summed E-state index contributed by atoms with van der Waals surface area (Å²) in [6.07, 6.45) is -1.32. The van der Waals surface area contributed by atoms with Crippen LogP contribution in [0.2, 0.25) is 5.02 Å². The van der Waals surface area contributed by atoms with Crippen LogP contribution < -0.4 is 5.32 Å². The quantitative estimate of drug-likeness (QED) is 0.724. The van der Waals surface area contributed by atoms with E-state index in [2.05, 4.69) is 10.3 Å². The lowest BCUT2D eigenvalue weighted by Crippen LogP contribution is -2.27. The van der Waals surface area contributed by atoms with Crippen molar-refractivity contribution in [1.82, 2.24) is 0 Å². The second-order valence-electron chi connectivity index (χ2n) is 6.15. The molecule has 0 saturated carbocycles. The fourth-order valence-electron chi connectivity index (χ4n) is 2.76. The summed E-state index contributed by atoms with van der Waals surface area (Å²) in [6.45, 7) is 0.591. The average molecular weight is 383 g/mol. The maximum atomic E-state index is 13.4. The van der Waals surface area contributed by atoms with Gasteiger partial charge in [-0.25, -0.2) is 0 Å². The number of benzene rings is 2. The van der Waals surface area contributed by atoms with Crippen molar-refractivity contribution in [2.24, 2.45) is 4.99 Å². The predicted molar refractivity (Wildman–Crippen MR) is 96.9 cm³/mol. The molecule has 1 aliphatic heterocycles. The lowest BCUT2D eigenvalue weighted by atomic mass is 10.0. The van der Waals surface area contributed by atoms with Gasteiger partial charge >= 0.3 is 6.18 Å². The van der Waals surface area contributed by atoms with E-state index in [9.17, 15) is 13.2 Å². The van der Waals surface area contributed by atoms with Gasteiger partial charge in [0.1, 0.15) is 12.6 Å². The lowest BCUT2D eigenvalue weighted by Gasteiger charge is -2.23. The van der Waals surface area contributed by atoms with Crippen LogP contribution in [0.25, 0.3) is 0 Å². The highest BCUT2D eigenvalue weighted by Crippen LogP contribution is 2.36. The van der Waals surface area contributed by atoms with E-state index in [1.807, 2.05) is 12.1 Å². The van der Waals surface area contributed by atoms with E-state index in [-0.39, 0.29) is 11.6 Å². The molecule has 2 aromatic rings. The fraction of sp³-hybridized carbons (Fsp3) is 0.316. The van der Waals surface area contributed by atoms with E-state index in [0.717, 1.165) is 18.4 Å². The molecule has 1 heterocycles. The molecule has 0 radical (unpaired) electrons. The number of anilines is 1. The summed E-state index contributed by atoms with van der Waals surface area (Å²) < 4.78 is 45.4. The molecule has 2 atom stereocenters. The smallest absolute Gasteiger partial charge is 0.412 e. The number of halogens is 4. The first-order valence-corrected chi connectivity index (χ1v) is 8.60. The fourth-order valence-corrected chi connectivity index (χ4v) is 2.89. The van der Waals surface area contributed by atoms with E-state index in [1.54, 1.807) is 12.1 Å². The Morgan fingerprint density at radius 3 is 2.38 bits per heavy atom. The Balaban J connectivity index is 1.66. The van der Waals surface area contributed by atoms with Gasteiger partial charge in [0.2, 0.25) is 0 Å². The Morgan fingerprint density at radius 2 is 1.81 bits per heavy atom. The molecule has 1 aliphatic rings. The predicted octanol–water partition coefficient (Wildman–Crippen LogP) is 5.42. The summed E-state index contributed by atoms with van der Waals surface area (Å²) in [5, 5.41) is 2.97. The Labute approximate surface area is 154 Å². The number of hydrogen-bond acceptors (Lipinski definition) is 3. The van der Waals surface area contributed by atoms with Gasteiger partial charge < -0.3 is 10.1 Å². The lowest BCUT2D eigenvalue weighted by molar-refractivity contribution is -0.144. The van der Waals surface area contributed by atoms with E-state index >= 15 is 0 Å². The highest BCUT2D eigenvalue weighted by atomic mass is 35.5. The number of aryl methyl sites for hydroxylation is 1. The molecule has 0 saturated heterocycles. The van der Waals surface area contributed by atoms with Crippen molar-refractivity contribution in [3.05, 3.63) is 64.7 Å². The van der Waals surface area contributed by atoms with Crippen LogP contribution in [0.5, 0.6) is 0 Å². The Bertz CT molecular complexity index is 745. The van der Waals surface area contributed by atoms with Crippen molar-refractivity contribution in [3.63, 3.8) is 0 Å². The molecule has 3 rings (SSSR count). The van der Waals surface area contributed by atoms with Crippen molar-refractivity contribution in [1.29, 1.82) is 0 Å². The van der Waals surface area contributed by atoms with Crippen LogP contribution in [0.3, 0.4) is 0 Å². The topological polar surface area (TPSA) is 33.6 Å². The maximum absolute atomic E-state index is 13.4. The first kappa shape index (κ1) is 18.6. The molecular formula is C19H18ClF3N2O. The number of nitrogens with zero attached hydrogens (tertiary/aromatic N) is 1. The number of ether oxygens (including phenoxy) is 1. The molecule has 7 heteroatoms. The Hall–Kier alpha value is -2.21. The van der Waals surface area contributed by atoms with Gasteiger partial charge in [0, 0.05) is 10.7 Å². The molecule has 0 aromatic heterocycles. The summed E-state index contributed by atoms with van der Waals surface area (Å²) in [5.41, 5.74) is 1.58. The third kappa shape index (κ3) is 4.91. The van der Waals surface area contributed by atoms with Gasteiger partial charge in [-0.15, -0.1) is 0 Å². The van der Waals surface area contributed by atoms with Gasteiger partial charge in [-0.05, 0) is 48.2 Å². The second kappa shape index (κ2) is 7.99. The zero-order valence-corrected chi connectivity index (χ0v) is 14.6. The van der Waals surface area contributed by atoms with E-state index in [1.165, 1.54) is 30.7 Å². The minimum Gasteiger partial charge on any atom is -0.481 e. The molecule has 0 fully saturated rings. The van der Waals surface area contributed by atoms with E-state index < -0.39 is 12.2 Å². The SMILES string of the molecule is FC(F)(F)[C@@H](Nc1ccc(CC[C@H]2COC=N2)cc1)c1ccc(Cl)cc1. The average Bonchev–Trinajstić information content (AvgIpc) is 3.12. The van der Waals surface area contributed by atoms with E-state index in [0.29, 0.717) is 17.3 Å². The number of aliphatic imine (C=N–C) groups is 1. The molecule has 0 unspecified atom stereocenters. The first-order valence-electron chi connectivity index (χ1n) is 8.23. The molecule has 26 heavy (non-hydrogen) atoms. The largest absolute Gasteiger partial charge is 0.481 e. The van der Waals surface area contributed by atoms with Gasteiger partial charge in [-0.3, -0.25) is 4.99 Å².